The lowest BCUT2D eigenvalue weighted by Crippen LogP contribution is -2.14. The van der Waals surface area contributed by atoms with Gasteiger partial charge in [0.1, 0.15) is 5.75 Å². The Bertz CT molecular complexity index is 1510. The molecule has 0 aliphatic heterocycles. The van der Waals surface area contributed by atoms with Gasteiger partial charge in [-0.05, 0) is 54.4 Å². The molecule has 168 valence electrons. The number of benzene rings is 3. The van der Waals surface area contributed by atoms with Crippen LogP contribution in [0.3, 0.4) is 0 Å². The highest BCUT2D eigenvalue weighted by Crippen LogP contribution is 2.34. The predicted octanol–water partition coefficient (Wildman–Crippen LogP) is 7.25. The summed E-state index contributed by atoms with van der Waals surface area (Å²) in [5.74, 6) is 0.419. The van der Waals surface area contributed by atoms with Crippen molar-refractivity contribution >= 4 is 44.2 Å². The Morgan fingerprint density at radius 1 is 0.971 bits per heavy atom. The third-order valence-electron chi connectivity index (χ3n) is 5.47. The lowest BCUT2D eigenvalue weighted by molar-refractivity contribution is 0.102. The second-order valence-electron chi connectivity index (χ2n) is 7.73. The minimum Gasteiger partial charge on any atom is -0.496 e. The lowest BCUT2D eigenvalue weighted by atomic mass is 9.99. The van der Waals surface area contributed by atoms with Crippen LogP contribution in [0.4, 0.5) is 5.13 Å². The zero-order chi connectivity index (χ0) is 23.7. The minimum atomic E-state index is -0.273. The van der Waals surface area contributed by atoms with E-state index in [1.54, 1.807) is 13.3 Å². The molecule has 2 heterocycles. The summed E-state index contributed by atoms with van der Waals surface area (Å²) in [7, 11) is 1.62. The summed E-state index contributed by atoms with van der Waals surface area (Å²) in [6.45, 7) is 1.90. The van der Waals surface area contributed by atoms with E-state index in [9.17, 15) is 4.79 Å². The van der Waals surface area contributed by atoms with Crippen LogP contribution in [0.25, 0.3) is 32.5 Å². The number of halogens is 1. The van der Waals surface area contributed by atoms with Crippen LogP contribution in [0, 0.1) is 6.92 Å². The first-order valence-corrected chi connectivity index (χ1v) is 11.8. The zero-order valence-corrected chi connectivity index (χ0v) is 20.1. The number of amides is 1. The molecule has 3 aromatic carbocycles. The molecule has 0 spiro atoms. The number of carbonyl (C=O) groups is 1. The molecule has 0 saturated heterocycles. The first kappa shape index (κ1) is 22.1. The number of rotatable bonds is 5. The molecule has 7 heteroatoms. The van der Waals surface area contributed by atoms with Crippen molar-refractivity contribution in [2.75, 3.05) is 12.4 Å². The molecule has 2 aromatic heterocycles. The molecule has 0 aliphatic carbocycles. The van der Waals surface area contributed by atoms with Gasteiger partial charge < -0.3 is 4.74 Å². The van der Waals surface area contributed by atoms with E-state index >= 15 is 0 Å². The molecule has 5 rings (SSSR count). The Balaban J connectivity index is 1.47. The summed E-state index contributed by atoms with van der Waals surface area (Å²) >= 11 is 7.44. The highest BCUT2D eigenvalue weighted by atomic mass is 35.5. The normalized spacial score (nSPS) is 10.9. The highest BCUT2D eigenvalue weighted by Gasteiger charge is 2.18. The number of methoxy groups -OCH3 is 1. The average molecular weight is 486 g/mol. The third kappa shape index (κ3) is 4.38. The largest absolute Gasteiger partial charge is 0.496 e. The molecule has 1 N–H and O–H groups in total. The van der Waals surface area contributed by atoms with E-state index in [0.717, 1.165) is 38.2 Å². The van der Waals surface area contributed by atoms with E-state index in [0.29, 0.717) is 21.5 Å². The molecule has 0 fully saturated rings. The highest BCUT2D eigenvalue weighted by molar-refractivity contribution is 7.22. The van der Waals surface area contributed by atoms with Crippen LogP contribution in [-0.4, -0.2) is 23.0 Å². The lowest BCUT2D eigenvalue weighted by Gasteiger charge is -2.13. The van der Waals surface area contributed by atoms with Gasteiger partial charge >= 0.3 is 0 Å². The number of pyridine rings is 1. The van der Waals surface area contributed by atoms with Gasteiger partial charge in [0.05, 0.1) is 22.9 Å². The summed E-state index contributed by atoms with van der Waals surface area (Å²) in [6.07, 6.45) is 1.60. The molecule has 0 aliphatic rings. The summed E-state index contributed by atoms with van der Waals surface area (Å²) < 4.78 is 6.50. The average Bonchev–Trinajstić information content (AvgIpc) is 3.25. The van der Waals surface area contributed by atoms with Gasteiger partial charge in [-0.3, -0.25) is 15.1 Å². The second kappa shape index (κ2) is 9.25. The minimum absolute atomic E-state index is 0.273. The molecule has 0 saturated carbocycles. The molecule has 5 aromatic rings. The first-order valence-electron chi connectivity index (χ1n) is 10.6. The topological polar surface area (TPSA) is 64.1 Å². The fourth-order valence-corrected chi connectivity index (χ4v) is 4.82. The third-order valence-corrected chi connectivity index (χ3v) is 6.65. The van der Waals surface area contributed by atoms with E-state index in [1.807, 2.05) is 73.7 Å². The molecule has 0 unspecified atom stereocenters. The molecular formula is C27H20ClN3O2S. The summed E-state index contributed by atoms with van der Waals surface area (Å²) in [5.41, 5.74) is 5.81. The van der Waals surface area contributed by atoms with Crippen LogP contribution in [0.15, 0.2) is 79.0 Å². The maximum atomic E-state index is 13.3. The Morgan fingerprint density at radius 2 is 1.74 bits per heavy atom. The van der Waals surface area contributed by atoms with Gasteiger partial charge in [-0.15, -0.1) is 0 Å². The number of hydrogen-bond acceptors (Lipinski definition) is 5. The summed E-state index contributed by atoms with van der Waals surface area (Å²) in [5, 5.41) is 4.18. The molecule has 34 heavy (non-hydrogen) atoms. The number of carbonyl (C=O) groups excluding carboxylic acids is 1. The number of nitrogens with one attached hydrogen (secondary N) is 1. The first-order chi connectivity index (χ1) is 16.5. The SMILES string of the molecule is COc1ccccc1-c1cc(C)ncc1C(=O)Nc1nc2ccc(-c3ccc(Cl)cc3)cc2s1. The van der Waals surface area contributed by atoms with E-state index in [2.05, 4.69) is 21.4 Å². The van der Waals surface area contributed by atoms with E-state index in [-0.39, 0.29) is 5.91 Å². The van der Waals surface area contributed by atoms with Gasteiger partial charge in [0.25, 0.3) is 5.91 Å². The maximum Gasteiger partial charge on any atom is 0.259 e. The Hall–Kier alpha value is -3.74. The summed E-state index contributed by atoms with van der Waals surface area (Å²) in [6, 6.07) is 23.3. The fourth-order valence-electron chi connectivity index (χ4n) is 3.80. The number of aryl methyl sites for hydroxylation is 1. The van der Waals surface area contributed by atoms with Gasteiger partial charge in [0.15, 0.2) is 5.13 Å². The Kier molecular flexibility index (Phi) is 6.01. The number of para-hydroxylation sites is 1. The molecule has 0 radical (unpaired) electrons. The van der Waals surface area contributed by atoms with Gasteiger partial charge in [0.2, 0.25) is 0 Å². The molecular weight excluding hydrogens is 466 g/mol. The van der Waals surface area contributed by atoms with Crippen LogP contribution < -0.4 is 10.1 Å². The van der Waals surface area contributed by atoms with Crippen LogP contribution in [0.2, 0.25) is 5.02 Å². The van der Waals surface area contributed by atoms with Crippen molar-refractivity contribution in [3.63, 3.8) is 0 Å². The van der Waals surface area contributed by atoms with Crippen LogP contribution in [-0.2, 0) is 0 Å². The van der Waals surface area contributed by atoms with Gasteiger partial charge in [-0.1, -0.05) is 59.3 Å². The standard InChI is InChI=1S/C27H20ClN3O2S/c1-16-13-21(20-5-3-4-6-24(20)33-2)22(15-29-16)26(32)31-27-30-23-12-9-18(14-25(23)34-27)17-7-10-19(28)11-8-17/h3-15H,1-2H3,(H,30,31,32). The number of hydrogen-bond donors (Lipinski definition) is 1. The van der Waals surface area contributed by atoms with Gasteiger partial charge in [-0.25, -0.2) is 4.98 Å². The van der Waals surface area contributed by atoms with Crippen molar-refractivity contribution in [3.05, 3.63) is 95.3 Å². The van der Waals surface area contributed by atoms with Gasteiger partial charge in [0, 0.05) is 28.0 Å². The Morgan fingerprint density at radius 3 is 2.53 bits per heavy atom. The Labute approximate surface area is 206 Å². The van der Waals surface area contributed by atoms with E-state index in [4.69, 9.17) is 16.3 Å². The quantitative estimate of drug-likeness (QED) is 0.285. The predicted molar refractivity (Wildman–Crippen MR) is 139 cm³/mol. The fraction of sp³-hybridized carbons (Fsp3) is 0.0741. The maximum absolute atomic E-state index is 13.3. The van der Waals surface area contributed by atoms with Crippen molar-refractivity contribution in [3.8, 4) is 28.0 Å². The molecule has 5 nitrogen and oxygen atoms in total. The molecule has 1 amide bonds. The second-order valence-corrected chi connectivity index (χ2v) is 9.20. The number of anilines is 1. The van der Waals surface area contributed by atoms with Crippen molar-refractivity contribution in [1.29, 1.82) is 0 Å². The summed E-state index contributed by atoms with van der Waals surface area (Å²) in [4.78, 5) is 22.2. The zero-order valence-electron chi connectivity index (χ0n) is 18.5. The van der Waals surface area contributed by atoms with Gasteiger partial charge in [-0.2, -0.15) is 0 Å². The van der Waals surface area contributed by atoms with Crippen LogP contribution >= 0.6 is 22.9 Å². The number of ether oxygens (including phenoxy) is 1. The monoisotopic (exact) mass is 485 g/mol. The molecule has 0 bridgehead atoms. The number of fused-ring (bicyclic) bond motifs is 1. The van der Waals surface area contributed by atoms with Crippen molar-refractivity contribution in [1.82, 2.24) is 9.97 Å². The van der Waals surface area contributed by atoms with E-state index in [1.165, 1.54) is 11.3 Å². The van der Waals surface area contributed by atoms with Crippen molar-refractivity contribution in [2.24, 2.45) is 0 Å². The van der Waals surface area contributed by atoms with Crippen LogP contribution in [0.1, 0.15) is 16.1 Å². The number of nitrogens with zero attached hydrogens (tertiary/aromatic N) is 2. The number of aromatic nitrogens is 2. The van der Waals surface area contributed by atoms with Crippen molar-refractivity contribution in [2.45, 2.75) is 6.92 Å². The van der Waals surface area contributed by atoms with Crippen molar-refractivity contribution < 1.29 is 9.53 Å². The number of thiazole rings is 1. The molecule has 0 atom stereocenters. The smallest absolute Gasteiger partial charge is 0.259 e. The van der Waals surface area contributed by atoms with E-state index < -0.39 is 0 Å². The van der Waals surface area contributed by atoms with Crippen LogP contribution in [0.5, 0.6) is 5.75 Å².